The van der Waals surface area contributed by atoms with Gasteiger partial charge in [-0.15, -0.1) is 0 Å². The number of unbranched alkanes of at least 4 members (excludes halogenated alkanes) is 9. The van der Waals surface area contributed by atoms with Crippen LogP contribution in [-0.2, 0) is 19.1 Å². The molecule has 22 heavy (non-hydrogen) atoms. The zero-order chi connectivity index (χ0) is 16.5. The van der Waals surface area contributed by atoms with E-state index in [0.717, 1.165) is 25.0 Å². The van der Waals surface area contributed by atoms with Gasteiger partial charge in [-0.25, -0.2) is 9.59 Å². The van der Waals surface area contributed by atoms with Gasteiger partial charge in [0.05, 0.1) is 13.2 Å². The highest BCUT2D eigenvalue weighted by Crippen LogP contribution is 2.10. The Bertz CT molecular complexity index is 310. The minimum atomic E-state index is -0.515. The molecule has 128 valence electrons. The van der Waals surface area contributed by atoms with Crippen LogP contribution in [0.15, 0.2) is 12.2 Å². The van der Waals surface area contributed by atoms with E-state index >= 15 is 0 Å². The monoisotopic (exact) mass is 312 g/mol. The molecule has 4 heteroatoms. The van der Waals surface area contributed by atoms with Gasteiger partial charge in [0, 0.05) is 12.2 Å². The molecule has 0 aliphatic heterocycles. The van der Waals surface area contributed by atoms with Crippen LogP contribution in [0.5, 0.6) is 0 Å². The van der Waals surface area contributed by atoms with Gasteiger partial charge in [0.15, 0.2) is 0 Å². The van der Waals surface area contributed by atoms with Gasteiger partial charge < -0.3 is 9.47 Å². The smallest absolute Gasteiger partial charge is 0.331 e. The highest BCUT2D eigenvalue weighted by Gasteiger charge is 2.00. The molecule has 4 nitrogen and oxygen atoms in total. The van der Waals surface area contributed by atoms with Gasteiger partial charge in [-0.2, -0.15) is 0 Å². The van der Waals surface area contributed by atoms with Crippen molar-refractivity contribution in [3.63, 3.8) is 0 Å². The lowest BCUT2D eigenvalue weighted by Gasteiger charge is -2.03. The fourth-order valence-electron chi connectivity index (χ4n) is 2.14. The first-order chi connectivity index (χ1) is 10.7. The van der Waals surface area contributed by atoms with Crippen LogP contribution in [0.25, 0.3) is 0 Å². The van der Waals surface area contributed by atoms with Crippen LogP contribution in [0.3, 0.4) is 0 Å². The molecule has 0 aliphatic carbocycles. The largest absolute Gasteiger partial charge is 0.463 e. The minimum absolute atomic E-state index is 0.302. The van der Waals surface area contributed by atoms with E-state index < -0.39 is 11.9 Å². The third-order valence-corrected chi connectivity index (χ3v) is 3.38. The van der Waals surface area contributed by atoms with Crippen molar-refractivity contribution < 1.29 is 19.1 Å². The van der Waals surface area contributed by atoms with Crippen LogP contribution in [0.2, 0.25) is 0 Å². The Morgan fingerprint density at radius 3 is 1.64 bits per heavy atom. The van der Waals surface area contributed by atoms with Crippen molar-refractivity contribution >= 4 is 11.9 Å². The molecule has 0 radical (unpaired) electrons. The van der Waals surface area contributed by atoms with Crippen LogP contribution in [0.4, 0.5) is 0 Å². The minimum Gasteiger partial charge on any atom is -0.463 e. The highest BCUT2D eigenvalue weighted by atomic mass is 16.5. The molecule has 0 aliphatic rings. The molecule has 0 spiro atoms. The summed E-state index contributed by atoms with van der Waals surface area (Å²) in [4.78, 5) is 22.3. The normalized spacial score (nSPS) is 10.8. The van der Waals surface area contributed by atoms with Crippen molar-refractivity contribution in [2.24, 2.45) is 0 Å². The molecule has 0 atom stereocenters. The summed E-state index contributed by atoms with van der Waals surface area (Å²) in [6.45, 7) is 4.67. The number of esters is 2. The summed E-state index contributed by atoms with van der Waals surface area (Å²) < 4.78 is 9.68. The number of carbonyl (C=O) groups is 2. The van der Waals surface area contributed by atoms with Crippen molar-refractivity contribution in [1.29, 1.82) is 0 Å². The Balaban J connectivity index is 3.32. The van der Waals surface area contributed by atoms with E-state index in [1.807, 2.05) is 0 Å². The standard InChI is InChI=1S/C18H32O4/c1-3-5-6-7-8-9-10-11-12-13-16-22-18(20)15-14-17(19)21-4-2/h14-15H,3-13,16H2,1-2H3. The van der Waals surface area contributed by atoms with Crippen molar-refractivity contribution in [1.82, 2.24) is 0 Å². The molecule has 0 saturated heterocycles. The number of rotatable bonds is 14. The fourth-order valence-corrected chi connectivity index (χ4v) is 2.14. The van der Waals surface area contributed by atoms with E-state index in [2.05, 4.69) is 11.7 Å². The van der Waals surface area contributed by atoms with Crippen molar-refractivity contribution in [2.75, 3.05) is 13.2 Å². The molecule has 0 amide bonds. The van der Waals surface area contributed by atoms with Gasteiger partial charge in [0.25, 0.3) is 0 Å². The number of hydrogen-bond acceptors (Lipinski definition) is 4. The van der Waals surface area contributed by atoms with Gasteiger partial charge in [0.2, 0.25) is 0 Å². The first-order valence-electron chi connectivity index (χ1n) is 8.72. The Kier molecular flexibility index (Phi) is 15.1. The molecule has 0 saturated carbocycles. The average molecular weight is 312 g/mol. The molecule has 0 aromatic heterocycles. The molecule has 0 aromatic rings. The number of carbonyl (C=O) groups excluding carboxylic acids is 2. The van der Waals surface area contributed by atoms with Gasteiger partial charge in [-0.1, -0.05) is 64.7 Å². The molecule has 0 aromatic carbocycles. The Labute approximate surface area is 135 Å². The zero-order valence-electron chi connectivity index (χ0n) is 14.3. The Morgan fingerprint density at radius 2 is 1.14 bits per heavy atom. The van der Waals surface area contributed by atoms with Gasteiger partial charge >= 0.3 is 11.9 Å². The summed E-state index contributed by atoms with van der Waals surface area (Å²) >= 11 is 0. The second kappa shape index (κ2) is 16.1. The van der Waals surface area contributed by atoms with Gasteiger partial charge in [-0.05, 0) is 13.3 Å². The second-order valence-electron chi connectivity index (χ2n) is 5.43. The first-order valence-corrected chi connectivity index (χ1v) is 8.72. The van der Waals surface area contributed by atoms with Crippen LogP contribution < -0.4 is 0 Å². The van der Waals surface area contributed by atoms with Crippen LogP contribution in [-0.4, -0.2) is 25.2 Å². The highest BCUT2D eigenvalue weighted by molar-refractivity contribution is 5.91. The van der Waals surface area contributed by atoms with E-state index in [-0.39, 0.29) is 0 Å². The molecular formula is C18H32O4. The number of ether oxygens (including phenoxy) is 2. The lowest BCUT2D eigenvalue weighted by molar-refractivity contribution is -0.140. The molecule has 0 fully saturated rings. The molecule has 0 N–H and O–H groups in total. The molecule has 0 heterocycles. The molecular weight excluding hydrogens is 280 g/mol. The third-order valence-electron chi connectivity index (χ3n) is 3.38. The predicted octanol–water partition coefficient (Wildman–Crippen LogP) is 4.57. The number of hydrogen-bond donors (Lipinski definition) is 0. The van der Waals surface area contributed by atoms with Crippen LogP contribution >= 0.6 is 0 Å². The summed E-state index contributed by atoms with van der Waals surface area (Å²) in [5, 5.41) is 0. The SMILES string of the molecule is CCCCCCCCCCCCOC(=O)C=CC(=O)OCC. The van der Waals surface area contributed by atoms with Crippen molar-refractivity contribution in [3.8, 4) is 0 Å². The first kappa shape index (κ1) is 20.7. The lowest BCUT2D eigenvalue weighted by Crippen LogP contribution is -2.05. The maximum Gasteiger partial charge on any atom is 0.331 e. The molecule has 0 bridgehead atoms. The summed E-state index contributed by atoms with van der Waals surface area (Å²) in [7, 11) is 0. The zero-order valence-corrected chi connectivity index (χ0v) is 14.3. The summed E-state index contributed by atoms with van der Waals surface area (Å²) in [6, 6.07) is 0. The topological polar surface area (TPSA) is 52.6 Å². The Morgan fingerprint density at radius 1 is 0.682 bits per heavy atom. The van der Waals surface area contributed by atoms with E-state index in [1.165, 1.54) is 51.4 Å². The summed E-state index contributed by atoms with van der Waals surface area (Å²) in [5.74, 6) is -0.998. The van der Waals surface area contributed by atoms with Crippen LogP contribution in [0, 0.1) is 0 Å². The second-order valence-corrected chi connectivity index (χ2v) is 5.43. The predicted molar refractivity (Wildman–Crippen MR) is 88.6 cm³/mol. The van der Waals surface area contributed by atoms with E-state index in [4.69, 9.17) is 4.74 Å². The maximum atomic E-state index is 11.3. The van der Waals surface area contributed by atoms with Gasteiger partial charge in [0.1, 0.15) is 0 Å². The quantitative estimate of drug-likeness (QED) is 0.268. The van der Waals surface area contributed by atoms with E-state index in [9.17, 15) is 9.59 Å². The van der Waals surface area contributed by atoms with Crippen LogP contribution in [0.1, 0.15) is 78.1 Å². The van der Waals surface area contributed by atoms with Crippen molar-refractivity contribution in [3.05, 3.63) is 12.2 Å². The van der Waals surface area contributed by atoms with Gasteiger partial charge in [-0.3, -0.25) is 0 Å². The average Bonchev–Trinajstić information content (AvgIpc) is 2.51. The summed E-state index contributed by atoms with van der Waals surface area (Å²) in [5.41, 5.74) is 0. The van der Waals surface area contributed by atoms with Crippen molar-refractivity contribution in [2.45, 2.75) is 78.1 Å². The fraction of sp³-hybridized carbons (Fsp3) is 0.778. The third kappa shape index (κ3) is 15.1. The lowest BCUT2D eigenvalue weighted by atomic mass is 10.1. The van der Waals surface area contributed by atoms with E-state index in [1.54, 1.807) is 6.92 Å². The summed E-state index contributed by atoms with van der Waals surface area (Å²) in [6.07, 6.45) is 14.7. The van der Waals surface area contributed by atoms with E-state index in [0.29, 0.717) is 13.2 Å². The maximum absolute atomic E-state index is 11.3. The Hall–Kier alpha value is -1.32. The molecule has 0 unspecified atom stereocenters. The molecule has 0 rings (SSSR count).